The van der Waals surface area contributed by atoms with E-state index in [-0.39, 0.29) is 0 Å². The second-order valence-electron chi connectivity index (χ2n) is 6.53. The number of nitrogens with zero attached hydrogens (tertiary/aromatic N) is 2. The number of nitrogens with one attached hydrogen (secondary N) is 1. The highest BCUT2D eigenvalue weighted by molar-refractivity contribution is 4.99. The molecule has 0 aromatic carbocycles. The summed E-state index contributed by atoms with van der Waals surface area (Å²) in [7, 11) is 1.99. The molecule has 1 heterocycles. The molecular weight excluding hydrogens is 270 g/mol. The van der Waals surface area contributed by atoms with Gasteiger partial charge in [-0.1, -0.05) is 47.0 Å². The van der Waals surface area contributed by atoms with Gasteiger partial charge in [0, 0.05) is 12.7 Å². The number of hydrogen-bond donors (Lipinski definition) is 1. The first kappa shape index (κ1) is 21.2. The van der Waals surface area contributed by atoms with Gasteiger partial charge >= 0.3 is 0 Å². The van der Waals surface area contributed by atoms with Crippen LogP contribution in [-0.2, 0) is 6.54 Å². The lowest BCUT2D eigenvalue weighted by atomic mass is 9.89. The van der Waals surface area contributed by atoms with Gasteiger partial charge in [-0.15, -0.1) is 0 Å². The number of hydrogen-bond acceptors (Lipinski definition) is 2. The minimum absolute atomic E-state index is 0.840. The van der Waals surface area contributed by atoms with Crippen molar-refractivity contribution in [2.75, 3.05) is 13.6 Å². The van der Waals surface area contributed by atoms with Gasteiger partial charge in [-0.05, 0) is 57.2 Å². The zero-order valence-corrected chi connectivity index (χ0v) is 15.9. The molecule has 130 valence electrons. The van der Waals surface area contributed by atoms with Gasteiger partial charge < -0.3 is 5.32 Å². The second-order valence-corrected chi connectivity index (χ2v) is 6.53. The zero-order chi connectivity index (χ0) is 16.8. The molecule has 1 aromatic rings. The Hall–Kier alpha value is -0.830. The van der Waals surface area contributed by atoms with Gasteiger partial charge in [-0.25, -0.2) is 0 Å². The average molecular weight is 310 g/mol. The minimum atomic E-state index is 0.840. The van der Waals surface area contributed by atoms with E-state index in [2.05, 4.69) is 42.1 Å². The summed E-state index contributed by atoms with van der Waals surface area (Å²) in [5.74, 6) is 1.72. The van der Waals surface area contributed by atoms with Crippen LogP contribution in [0.15, 0.2) is 12.4 Å². The lowest BCUT2D eigenvalue weighted by molar-refractivity contribution is 0.308. The van der Waals surface area contributed by atoms with Crippen molar-refractivity contribution in [3.8, 4) is 0 Å². The Labute approximate surface area is 138 Å². The molecular formula is C19H39N3. The summed E-state index contributed by atoms with van der Waals surface area (Å²) in [6.07, 6.45) is 12.5. The third-order valence-corrected chi connectivity index (χ3v) is 3.90. The molecule has 1 aliphatic rings. The maximum absolute atomic E-state index is 4.33. The van der Waals surface area contributed by atoms with Gasteiger partial charge in [0.15, 0.2) is 0 Å². The van der Waals surface area contributed by atoms with Crippen LogP contribution in [0.4, 0.5) is 0 Å². The highest BCUT2D eigenvalue weighted by Crippen LogP contribution is 2.24. The van der Waals surface area contributed by atoms with Crippen molar-refractivity contribution >= 4 is 0 Å². The van der Waals surface area contributed by atoms with Crippen LogP contribution in [-0.4, -0.2) is 23.4 Å². The molecule has 0 amide bonds. The highest BCUT2D eigenvalue weighted by atomic mass is 15.3. The summed E-state index contributed by atoms with van der Waals surface area (Å²) >= 11 is 0. The molecule has 0 bridgehead atoms. The first-order chi connectivity index (χ1) is 10.6. The smallest absolute Gasteiger partial charge is 0.0518 e. The van der Waals surface area contributed by atoms with Crippen LogP contribution >= 0.6 is 0 Å². The SMILES string of the molecule is CC.CNCCC(C)C.Cc1cnn(CC2CCCCC2)c1. The van der Waals surface area contributed by atoms with Crippen molar-refractivity contribution in [3.05, 3.63) is 18.0 Å². The molecule has 3 heteroatoms. The maximum atomic E-state index is 4.33. The van der Waals surface area contributed by atoms with Crippen molar-refractivity contribution in [2.24, 2.45) is 11.8 Å². The second kappa shape index (κ2) is 13.8. The summed E-state index contributed by atoms with van der Waals surface area (Å²) in [6, 6.07) is 0. The Morgan fingerprint density at radius 2 is 1.86 bits per heavy atom. The Bertz CT molecular complexity index is 338. The maximum Gasteiger partial charge on any atom is 0.0518 e. The Morgan fingerprint density at radius 3 is 2.27 bits per heavy atom. The molecule has 1 fully saturated rings. The van der Waals surface area contributed by atoms with Gasteiger partial charge in [0.25, 0.3) is 0 Å². The zero-order valence-electron chi connectivity index (χ0n) is 15.9. The van der Waals surface area contributed by atoms with Gasteiger partial charge in [0.1, 0.15) is 0 Å². The molecule has 0 aliphatic heterocycles. The largest absolute Gasteiger partial charge is 0.320 e. The third-order valence-electron chi connectivity index (χ3n) is 3.90. The van der Waals surface area contributed by atoms with Crippen molar-refractivity contribution in [2.45, 2.75) is 79.7 Å². The van der Waals surface area contributed by atoms with E-state index in [0.717, 1.165) is 24.9 Å². The lowest BCUT2D eigenvalue weighted by Gasteiger charge is -2.21. The molecule has 0 unspecified atom stereocenters. The molecule has 1 saturated carbocycles. The van der Waals surface area contributed by atoms with E-state index < -0.39 is 0 Å². The first-order valence-corrected chi connectivity index (χ1v) is 9.25. The fourth-order valence-corrected chi connectivity index (χ4v) is 2.63. The fraction of sp³-hybridized carbons (Fsp3) is 0.842. The minimum Gasteiger partial charge on any atom is -0.320 e. The predicted octanol–water partition coefficient (Wildman–Crippen LogP) is 5.05. The average Bonchev–Trinajstić information content (AvgIpc) is 2.94. The van der Waals surface area contributed by atoms with Crippen LogP contribution in [0.3, 0.4) is 0 Å². The predicted molar refractivity (Wildman–Crippen MR) is 98.3 cm³/mol. The van der Waals surface area contributed by atoms with E-state index in [4.69, 9.17) is 0 Å². The highest BCUT2D eigenvalue weighted by Gasteiger charge is 2.13. The number of rotatable bonds is 5. The van der Waals surface area contributed by atoms with Crippen LogP contribution in [0, 0.1) is 18.8 Å². The normalized spacial score (nSPS) is 14.9. The molecule has 1 aromatic heterocycles. The lowest BCUT2D eigenvalue weighted by Crippen LogP contribution is -2.14. The Morgan fingerprint density at radius 1 is 1.23 bits per heavy atom. The summed E-state index contributed by atoms with van der Waals surface area (Å²) in [5, 5.41) is 7.43. The van der Waals surface area contributed by atoms with E-state index in [1.54, 1.807) is 0 Å². The van der Waals surface area contributed by atoms with Crippen molar-refractivity contribution in [1.29, 1.82) is 0 Å². The molecule has 22 heavy (non-hydrogen) atoms. The molecule has 1 N–H and O–H groups in total. The number of aromatic nitrogens is 2. The molecule has 0 saturated heterocycles. The third kappa shape index (κ3) is 10.8. The summed E-state index contributed by atoms with van der Waals surface area (Å²) < 4.78 is 2.10. The Kier molecular flexibility index (Phi) is 13.3. The molecule has 3 nitrogen and oxygen atoms in total. The van der Waals surface area contributed by atoms with Gasteiger partial charge in [-0.3, -0.25) is 4.68 Å². The van der Waals surface area contributed by atoms with E-state index in [1.165, 1.54) is 44.1 Å². The van der Waals surface area contributed by atoms with E-state index in [1.807, 2.05) is 27.1 Å². The topological polar surface area (TPSA) is 29.9 Å². The van der Waals surface area contributed by atoms with E-state index >= 15 is 0 Å². The van der Waals surface area contributed by atoms with Gasteiger partial charge in [-0.2, -0.15) is 5.10 Å². The van der Waals surface area contributed by atoms with Crippen molar-refractivity contribution in [1.82, 2.24) is 15.1 Å². The quantitative estimate of drug-likeness (QED) is 0.825. The summed E-state index contributed by atoms with van der Waals surface area (Å²) in [5.41, 5.74) is 1.27. The number of aryl methyl sites for hydroxylation is 1. The molecule has 2 rings (SSSR count). The molecule has 0 atom stereocenters. The molecule has 0 spiro atoms. The van der Waals surface area contributed by atoms with Gasteiger partial charge in [0.2, 0.25) is 0 Å². The van der Waals surface area contributed by atoms with Crippen LogP contribution in [0.1, 0.15) is 71.8 Å². The van der Waals surface area contributed by atoms with Crippen LogP contribution in [0.25, 0.3) is 0 Å². The first-order valence-electron chi connectivity index (χ1n) is 9.25. The van der Waals surface area contributed by atoms with Crippen molar-refractivity contribution in [3.63, 3.8) is 0 Å². The van der Waals surface area contributed by atoms with Crippen molar-refractivity contribution < 1.29 is 0 Å². The summed E-state index contributed by atoms with van der Waals surface area (Å²) in [6.45, 7) is 12.9. The standard InChI is InChI=1S/C11H18N2.C6H15N.C2H6/c1-10-7-12-13(8-10)9-11-5-3-2-4-6-11;1-6(2)4-5-7-3;1-2/h7-8,11H,2-6,9H2,1H3;6-7H,4-5H2,1-3H3;1-2H3. The fourth-order valence-electron chi connectivity index (χ4n) is 2.63. The monoisotopic (exact) mass is 309 g/mol. The van der Waals surface area contributed by atoms with Crippen LogP contribution in [0.2, 0.25) is 0 Å². The van der Waals surface area contributed by atoms with E-state index in [0.29, 0.717) is 0 Å². The molecule has 1 aliphatic carbocycles. The Balaban J connectivity index is 0.000000421. The molecule has 0 radical (unpaired) electrons. The van der Waals surface area contributed by atoms with Crippen LogP contribution < -0.4 is 5.32 Å². The van der Waals surface area contributed by atoms with Gasteiger partial charge in [0.05, 0.1) is 6.20 Å². The summed E-state index contributed by atoms with van der Waals surface area (Å²) in [4.78, 5) is 0. The van der Waals surface area contributed by atoms with Crippen LogP contribution in [0.5, 0.6) is 0 Å². The van der Waals surface area contributed by atoms with E-state index in [9.17, 15) is 0 Å².